The highest BCUT2D eigenvalue weighted by Gasteiger charge is 2.17. The molecule has 2 aromatic rings. The Morgan fingerprint density at radius 1 is 1.14 bits per heavy atom. The number of ether oxygens (including phenoxy) is 2. The largest absolute Gasteiger partial charge is 0.496 e. The summed E-state index contributed by atoms with van der Waals surface area (Å²) in [6, 6.07) is 9.85. The predicted molar refractivity (Wildman–Crippen MR) is 81.7 cm³/mol. The number of halogens is 2. The summed E-state index contributed by atoms with van der Waals surface area (Å²) in [5, 5.41) is 0. The first-order chi connectivity index (χ1) is 10.1. The number of hydrogen-bond donors (Lipinski definition) is 0. The zero-order valence-corrected chi connectivity index (χ0v) is 13.2. The molecule has 0 spiro atoms. The van der Waals surface area contributed by atoms with Crippen molar-refractivity contribution >= 4 is 21.7 Å². The van der Waals surface area contributed by atoms with Crippen molar-refractivity contribution in [2.24, 2.45) is 0 Å². The number of methoxy groups -OCH3 is 2. The summed E-state index contributed by atoms with van der Waals surface area (Å²) in [7, 11) is 2.88. The molecule has 0 aliphatic heterocycles. The van der Waals surface area contributed by atoms with Crippen LogP contribution in [0.25, 0.3) is 0 Å². The van der Waals surface area contributed by atoms with Crippen LogP contribution in [0.5, 0.6) is 11.5 Å². The molecule has 3 nitrogen and oxygen atoms in total. The molecule has 2 rings (SSSR count). The minimum Gasteiger partial charge on any atom is -0.496 e. The zero-order chi connectivity index (χ0) is 15.4. The zero-order valence-electron chi connectivity index (χ0n) is 11.7. The number of rotatable bonds is 5. The molecule has 0 fully saturated rings. The third kappa shape index (κ3) is 3.42. The summed E-state index contributed by atoms with van der Waals surface area (Å²) < 4.78 is 25.0. The molecule has 0 unspecified atom stereocenters. The molecule has 0 aliphatic carbocycles. The second-order valence-corrected chi connectivity index (χ2v) is 5.29. The Kier molecular flexibility index (Phi) is 4.96. The number of carbonyl (C=O) groups excluding carboxylic acids is 1. The molecule has 0 atom stereocenters. The molecule has 110 valence electrons. The summed E-state index contributed by atoms with van der Waals surface area (Å²) in [4.78, 5) is 12.4. The molecule has 5 heteroatoms. The van der Waals surface area contributed by atoms with Crippen molar-refractivity contribution in [3.05, 3.63) is 57.8 Å². The Labute approximate surface area is 130 Å². The Morgan fingerprint density at radius 3 is 2.52 bits per heavy atom. The molecule has 0 radical (unpaired) electrons. The van der Waals surface area contributed by atoms with Gasteiger partial charge in [0.05, 0.1) is 19.8 Å². The van der Waals surface area contributed by atoms with Crippen LogP contribution in [-0.4, -0.2) is 20.0 Å². The van der Waals surface area contributed by atoms with Gasteiger partial charge in [-0.3, -0.25) is 4.79 Å². The van der Waals surface area contributed by atoms with Gasteiger partial charge in [0.2, 0.25) is 0 Å². The third-order valence-corrected chi connectivity index (χ3v) is 3.57. The van der Waals surface area contributed by atoms with Crippen molar-refractivity contribution in [3.63, 3.8) is 0 Å². The average molecular weight is 353 g/mol. The van der Waals surface area contributed by atoms with Crippen LogP contribution in [-0.2, 0) is 6.42 Å². The van der Waals surface area contributed by atoms with Crippen LogP contribution in [0.1, 0.15) is 15.9 Å². The van der Waals surface area contributed by atoms with Crippen LogP contribution in [0.4, 0.5) is 4.39 Å². The van der Waals surface area contributed by atoms with Crippen molar-refractivity contribution in [1.29, 1.82) is 0 Å². The number of carbonyl (C=O) groups is 1. The van der Waals surface area contributed by atoms with E-state index in [1.54, 1.807) is 30.3 Å². The SMILES string of the molecule is COc1cc(Br)ccc1C(=O)Cc1cccc(OC)c1F. The maximum atomic E-state index is 14.1. The third-order valence-electron chi connectivity index (χ3n) is 3.08. The number of ketones is 1. The molecule has 0 heterocycles. The minimum atomic E-state index is -0.510. The molecule has 0 bridgehead atoms. The van der Waals surface area contributed by atoms with Crippen LogP contribution in [0.2, 0.25) is 0 Å². The Bertz CT molecular complexity index is 671. The van der Waals surface area contributed by atoms with Crippen molar-refractivity contribution in [1.82, 2.24) is 0 Å². The van der Waals surface area contributed by atoms with Crippen LogP contribution < -0.4 is 9.47 Å². The lowest BCUT2D eigenvalue weighted by Crippen LogP contribution is -2.07. The maximum Gasteiger partial charge on any atom is 0.171 e. The van der Waals surface area contributed by atoms with Gasteiger partial charge in [-0.15, -0.1) is 0 Å². The van der Waals surface area contributed by atoms with Crippen LogP contribution in [0.3, 0.4) is 0 Å². The van der Waals surface area contributed by atoms with Gasteiger partial charge in [0.1, 0.15) is 5.75 Å². The summed E-state index contributed by atoms with van der Waals surface area (Å²) in [5.74, 6) is -0.142. The monoisotopic (exact) mass is 352 g/mol. The van der Waals surface area contributed by atoms with Gasteiger partial charge in [-0.1, -0.05) is 28.1 Å². The number of hydrogen-bond acceptors (Lipinski definition) is 3. The van der Waals surface area contributed by atoms with Crippen LogP contribution in [0, 0.1) is 5.82 Å². The molecular weight excluding hydrogens is 339 g/mol. The summed E-state index contributed by atoms with van der Waals surface area (Å²) >= 11 is 3.32. The molecular formula is C16H14BrFO3. The van der Waals surface area contributed by atoms with E-state index in [4.69, 9.17) is 9.47 Å². The minimum absolute atomic E-state index is 0.0545. The van der Waals surface area contributed by atoms with Gasteiger partial charge in [0.15, 0.2) is 17.3 Å². The van der Waals surface area contributed by atoms with E-state index in [-0.39, 0.29) is 18.0 Å². The fourth-order valence-corrected chi connectivity index (χ4v) is 2.35. The van der Waals surface area contributed by atoms with E-state index in [1.165, 1.54) is 20.3 Å². The van der Waals surface area contributed by atoms with Crippen molar-refractivity contribution in [3.8, 4) is 11.5 Å². The van der Waals surface area contributed by atoms with Crippen molar-refractivity contribution in [2.45, 2.75) is 6.42 Å². The second kappa shape index (κ2) is 6.72. The number of benzene rings is 2. The van der Waals surface area contributed by atoms with E-state index in [1.807, 2.05) is 0 Å². The van der Waals surface area contributed by atoms with E-state index in [0.29, 0.717) is 16.9 Å². The Balaban J connectivity index is 2.30. The topological polar surface area (TPSA) is 35.5 Å². The average Bonchev–Trinajstić information content (AvgIpc) is 2.49. The standard InChI is InChI=1S/C16H14BrFO3/c1-20-14-5-3-4-10(16(14)18)8-13(19)12-7-6-11(17)9-15(12)21-2/h3-7,9H,8H2,1-2H3. The molecule has 0 aromatic heterocycles. The highest BCUT2D eigenvalue weighted by Crippen LogP contribution is 2.26. The van der Waals surface area contributed by atoms with Gasteiger partial charge in [0.25, 0.3) is 0 Å². The quantitative estimate of drug-likeness (QED) is 0.762. The van der Waals surface area contributed by atoms with E-state index in [9.17, 15) is 9.18 Å². The molecule has 21 heavy (non-hydrogen) atoms. The van der Waals surface area contributed by atoms with Gasteiger partial charge in [-0.25, -0.2) is 4.39 Å². The van der Waals surface area contributed by atoms with Gasteiger partial charge in [-0.05, 0) is 29.8 Å². The lowest BCUT2D eigenvalue weighted by molar-refractivity contribution is 0.0989. The van der Waals surface area contributed by atoms with Crippen molar-refractivity contribution < 1.29 is 18.7 Å². The summed E-state index contributed by atoms with van der Waals surface area (Å²) in [5.41, 5.74) is 0.715. The first-order valence-corrected chi connectivity index (χ1v) is 7.04. The highest BCUT2D eigenvalue weighted by atomic mass is 79.9. The van der Waals surface area contributed by atoms with Crippen LogP contribution in [0.15, 0.2) is 40.9 Å². The maximum absolute atomic E-state index is 14.1. The first kappa shape index (κ1) is 15.5. The molecule has 0 aliphatic rings. The normalized spacial score (nSPS) is 10.3. The van der Waals surface area contributed by atoms with Gasteiger partial charge < -0.3 is 9.47 Å². The molecule has 0 N–H and O–H groups in total. The first-order valence-electron chi connectivity index (χ1n) is 6.25. The number of Topliss-reactive ketones (excluding diaryl/α,β-unsaturated/α-hetero) is 1. The highest BCUT2D eigenvalue weighted by molar-refractivity contribution is 9.10. The molecule has 2 aromatic carbocycles. The fourth-order valence-electron chi connectivity index (χ4n) is 2.01. The lowest BCUT2D eigenvalue weighted by Gasteiger charge is -2.10. The summed E-state index contributed by atoms with van der Waals surface area (Å²) in [6.45, 7) is 0. The molecule has 0 saturated carbocycles. The Hall–Kier alpha value is -1.88. The summed E-state index contributed by atoms with van der Waals surface area (Å²) in [6.07, 6.45) is -0.0545. The van der Waals surface area contributed by atoms with E-state index >= 15 is 0 Å². The Morgan fingerprint density at radius 2 is 1.86 bits per heavy atom. The van der Waals surface area contributed by atoms with E-state index in [0.717, 1.165) is 4.47 Å². The lowest BCUT2D eigenvalue weighted by atomic mass is 10.0. The van der Waals surface area contributed by atoms with Gasteiger partial charge >= 0.3 is 0 Å². The van der Waals surface area contributed by atoms with Crippen LogP contribution >= 0.6 is 15.9 Å². The van der Waals surface area contributed by atoms with Gasteiger partial charge in [0, 0.05) is 10.9 Å². The molecule has 0 saturated heterocycles. The van der Waals surface area contributed by atoms with Gasteiger partial charge in [-0.2, -0.15) is 0 Å². The van der Waals surface area contributed by atoms with E-state index < -0.39 is 5.82 Å². The molecule has 0 amide bonds. The van der Waals surface area contributed by atoms with Crippen molar-refractivity contribution in [2.75, 3.05) is 14.2 Å². The smallest absolute Gasteiger partial charge is 0.171 e. The fraction of sp³-hybridized carbons (Fsp3) is 0.188. The second-order valence-electron chi connectivity index (χ2n) is 4.38. The van der Waals surface area contributed by atoms with E-state index in [2.05, 4.69) is 15.9 Å². The predicted octanol–water partition coefficient (Wildman–Crippen LogP) is 4.03.